The Morgan fingerprint density at radius 2 is 2.06 bits per heavy atom. The van der Waals surface area contributed by atoms with Crippen molar-refractivity contribution in [3.8, 4) is 0 Å². The van der Waals surface area contributed by atoms with Crippen molar-refractivity contribution in [2.45, 2.75) is 45.4 Å². The number of nitrogens with zero attached hydrogens (tertiary/aromatic N) is 1. The second kappa shape index (κ2) is 6.99. The van der Waals surface area contributed by atoms with Crippen LogP contribution in [0, 0.1) is 0 Å². The summed E-state index contributed by atoms with van der Waals surface area (Å²) in [6, 6.07) is 3.50. The maximum Gasteiger partial charge on any atom is 0.250 e. The zero-order chi connectivity index (χ0) is 11.8. The second-order valence-corrected chi connectivity index (χ2v) is 4.03. The van der Waals surface area contributed by atoms with Crippen LogP contribution >= 0.6 is 0 Å². The first-order chi connectivity index (χ1) is 7.75. The average molecular weight is 220 g/mol. The highest BCUT2D eigenvalue weighted by molar-refractivity contribution is 5.93. The van der Waals surface area contributed by atoms with Crippen LogP contribution in [0.25, 0.3) is 0 Å². The van der Waals surface area contributed by atoms with E-state index in [1.807, 2.05) is 0 Å². The number of unbranched alkanes of at least 4 members (excludes halogenated alkanes) is 4. The standard InChI is InChI=1S/C13H20N2O/c1-2-3-4-5-6-9-12-11(13(14)16)8-7-10-15-12/h7-8,10H,2-6,9H2,1H3,(H2,14,16). The van der Waals surface area contributed by atoms with Crippen LogP contribution in [0.15, 0.2) is 18.3 Å². The van der Waals surface area contributed by atoms with Gasteiger partial charge in [0.2, 0.25) is 0 Å². The van der Waals surface area contributed by atoms with Gasteiger partial charge < -0.3 is 5.73 Å². The number of primary amides is 1. The van der Waals surface area contributed by atoms with Crippen molar-refractivity contribution in [3.05, 3.63) is 29.6 Å². The molecule has 16 heavy (non-hydrogen) atoms. The largest absolute Gasteiger partial charge is 0.366 e. The molecular formula is C13H20N2O. The zero-order valence-corrected chi connectivity index (χ0v) is 9.91. The normalized spacial score (nSPS) is 10.3. The number of hydrogen-bond donors (Lipinski definition) is 1. The fourth-order valence-corrected chi connectivity index (χ4v) is 1.76. The van der Waals surface area contributed by atoms with Crippen LogP contribution in [0.5, 0.6) is 0 Å². The Bertz CT molecular complexity index is 336. The molecule has 0 radical (unpaired) electrons. The molecular weight excluding hydrogens is 200 g/mol. The number of nitrogens with two attached hydrogens (primary N) is 1. The lowest BCUT2D eigenvalue weighted by Crippen LogP contribution is -2.14. The highest BCUT2D eigenvalue weighted by Crippen LogP contribution is 2.10. The van der Waals surface area contributed by atoms with E-state index < -0.39 is 0 Å². The number of carbonyl (C=O) groups excluding carboxylic acids is 1. The third-order valence-electron chi connectivity index (χ3n) is 2.67. The van der Waals surface area contributed by atoms with Gasteiger partial charge >= 0.3 is 0 Å². The predicted octanol–water partition coefficient (Wildman–Crippen LogP) is 2.69. The van der Waals surface area contributed by atoms with E-state index in [1.54, 1.807) is 18.3 Å². The minimum Gasteiger partial charge on any atom is -0.366 e. The first-order valence-electron chi connectivity index (χ1n) is 5.99. The molecule has 2 N–H and O–H groups in total. The fourth-order valence-electron chi connectivity index (χ4n) is 1.76. The van der Waals surface area contributed by atoms with E-state index >= 15 is 0 Å². The molecule has 1 heterocycles. The lowest BCUT2D eigenvalue weighted by molar-refractivity contribution is 0.0999. The van der Waals surface area contributed by atoms with Gasteiger partial charge in [-0.1, -0.05) is 32.6 Å². The monoisotopic (exact) mass is 220 g/mol. The lowest BCUT2D eigenvalue weighted by atomic mass is 10.1. The Balaban J connectivity index is 2.44. The predicted molar refractivity (Wildman–Crippen MR) is 65.2 cm³/mol. The molecule has 3 nitrogen and oxygen atoms in total. The van der Waals surface area contributed by atoms with Crippen LogP contribution in [0.1, 0.15) is 55.1 Å². The van der Waals surface area contributed by atoms with Crippen molar-refractivity contribution in [3.63, 3.8) is 0 Å². The van der Waals surface area contributed by atoms with Crippen molar-refractivity contribution in [1.82, 2.24) is 4.98 Å². The molecule has 1 rings (SSSR count). The van der Waals surface area contributed by atoms with Gasteiger partial charge in [-0.15, -0.1) is 0 Å². The molecule has 0 atom stereocenters. The van der Waals surface area contributed by atoms with Crippen molar-refractivity contribution in [1.29, 1.82) is 0 Å². The van der Waals surface area contributed by atoms with Gasteiger partial charge in [-0.2, -0.15) is 0 Å². The maximum absolute atomic E-state index is 11.1. The number of carbonyl (C=O) groups is 1. The Kier molecular flexibility index (Phi) is 5.54. The molecule has 0 aromatic carbocycles. The average Bonchev–Trinajstić information content (AvgIpc) is 2.29. The number of aryl methyl sites for hydroxylation is 1. The van der Waals surface area contributed by atoms with Gasteiger partial charge in [-0.05, 0) is 25.0 Å². The van der Waals surface area contributed by atoms with Crippen LogP contribution < -0.4 is 5.73 Å². The molecule has 0 aliphatic carbocycles. The second-order valence-electron chi connectivity index (χ2n) is 4.03. The molecule has 1 aromatic heterocycles. The van der Waals surface area contributed by atoms with E-state index in [1.165, 1.54) is 25.7 Å². The molecule has 0 unspecified atom stereocenters. The highest BCUT2D eigenvalue weighted by Gasteiger charge is 2.07. The van der Waals surface area contributed by atoms with Crippen LogP contribution in [0.4, 0.5) is 0 Å². The van der Waals surface area contributed by atoms with Crippen LogP contribution in [-0.2, 0) is 6.42 Å². The third kappa shape index (κ3) is 4.01. The molecule has 1 aromatic rings. The molecule has 0 saturated carbocycles. The van der Waals surface area contributed by atoms with E-state index in [4.69, 9.17) is 5.73 Å². The van der Waals surface area contributed by atoms with E-state index in [0.29, 0.717) is 5.56 Å². The van der Waals surface area contributed by atoms with Gasteiger partial charge in [-0.25, -0.2) is 0 Å². The van der Waals surface area contributed by atoms with E-state index in [9.17, 15) is 4.79 Å². The Hall–Kier alpha value is -1.38. The molecule has 88 valence electrons. The smallest absolute Gasteiger partial charge is 0.250 e. The van der Waals surface area contributed by atoms with Crippen LogP contribution in [-0.4, -0.2) is 10.9 Å². The van der Waals surface area contributed by atoms with Gasteiger partial charge in [0.1, 0.15) is 0 Å². The quantitative estimate of drug-likeness (QED) is 0.718. The summed E-state index contributed by atoms with van der Waals surface area (Å²) in [4.78, 5) is 15.4. The van der Waals surface area contributed by atoms with Crippen molar-refractivity contribution in [2.24, 2.45) is 5.73 Å². The summed E-state index contributed by atoms with van der Waals surface area (Å²) in [5.41, 5.74) is 6.69. The van der Waals surface area contributed by atoms with Gasteiger partial charge in [0, 0.05) is 6.20 Å². The van der Waals surface area contributed by atoms with Crippen molar-refractivity contribution < 1.29 is 4.79 Å². The van der Waals surface area contributed by atoms with Crippen molar-refractivity contribution >= 4 is 5.91 Å². The van der Waals surface area contributed by atoms with Gasteiger partial charge in [-0.3, -0.25) is 9.78 Å². The van der Waals surface area contributed by atoms with Gasteiger partial charge in [0.15, 0.2) is 0 Å². The molecule has 0 bridgehead atoms. The summed E-state index contributed by atoms with van der Waals surface area (Å²) in [5.74, 6) is -0.378. The maximum atomic E-state index is 11.1. The molecule has 0 aliphatic heterocycles. The van der Waals surface area contributed by atoms with Gasteiger partial charge in [0.25, 0.3) is 5.91 Å². The van der Waals surface area contributed by atoms with Crippen LogP contribution in [0.3, 0.4) is 0 Å². The molecule has 0 saturated heterocycles. The zero-order valence-electron chi connectivity index (χ0n) is 9.91. The minimum absolute atomic E-state index is 0.378. The van der Waals surface area contributed by atoms with E-state index in [-0.39, 0.29) is 5.91 Å². The molecule has 3 heteroatoms. The summed E-state index contributed by atoms with van der Waals surface area (Å²) in [6.45, 7) is 2.20. The number of hydrogen-bond acceptors (Lipinski definition) is 2. The summed E-state index contributed by atoms with van der Waals surface area (Å²) >= 11 is 0. The Morgan fingerprint density at radius 3 is 2.75 bits per heavy atom. The van der Waals surface area contributed by atoms with Crippen LogP contribution in [0.2, 0.25) is 0 Å². The SMILES string of the molecule is CCCCCCCc1ncccc1C(N)=O. The first kappa shape index (κ1) is 12.7. The fraction of sp³-hybridized carbons (Fsp3) is 0.538. The molecule has 1 amide bonds. The summed E-state index contributed by atoms with van der Waals surface area (Å²) in [7, 11) is 0. The summed E-state index contributed by atoms with van der Waals surface area (Å²) < 4.78 is 0. The van der Waals surface area contributed by atoms with Gasteiger partial charge in [0.05, 0.1) is 11.3 Å². The van der Waals surface area contributed by atoms with E-state index in [2.05, 4.69) is 11.9 Å². The Morgan fingerprint density at radius 1 is 1.31 bits per heavy atom. The third-order valence-corrected chi connectivity index (χ3v) is 2.67. The van der Waals surface area contributed by atoms with E-state index in [0.717, 1.165) is 18.5 Å². The highest BCUT2D eigenvalue weighted by atomic mass is 16.1. The number of aromatic nitrogens is 1. The number of amides is 1. The molecule has 0 fully saturated rings. The summed E-state index contributed by atoms with van der Waals surface area (Å²) in [5, 5.41) is 0. The number of rotatable bonds is 7. The minimum atomic E-state index is -0.378. The number of pyridine rings is 1. The lowest BCUT2D eigenvalue weighted by Gasteiger charge is -2.04. The summed E-state index contributed by atoms with van der Waals surface area (Å²) in [6.07, 6.45) is 8.63. The first-order valence-corrected chi connectivity index (χ1v) is 5.99. The molecule has 0 spiro atoms. The Labute approximate surface area is 97.1 Å². The molecule has 0 aliphatic rings. The van der Waals surface area contributed by atoms with Crippen molar-refractivity contribution in [2.75, 3.05) is 0 Å². The topological polar surface area (TPSA) is 56.0 Å².